The van der Waals surface area contributed by atoms with Crippen molar-refractivity contribution in [2.24, 2.45) is 0 Å². The Kier molecular flexibility index (Phi) is 7.67. The van der Waals surface area contributed by atoms with Crippen LogP contribution in [0.2, 0.25) is 0 Å². The fourth-order valence-electron chi connectivity index (χ4n) is 1.55. The molecule has 7 heteroatoms. The third-order valence-corrected chi connectivity index (χ3v) is 2.73. The normalized spacial score (nSPS) is 11.5. The van der Waals surface area contributed by atoms with Crippen LogP contribution in [-0.4, -0.2) is 32.6 Å². The largest absolute Gasteiger partial charge is 0.490 e. The van der Waals surface area contributed by atoms with Gasteiger partial charge < -0.3 is 14.2 Å². The molecule has 1 rings (SSSR count). The average molecular weight is 327 g/mol. The van der Waals surface area contributed by atoms with Crippen LogP contribution >= 0.6 is 11.6 Å². The zero-order chi connectivity index (χ0) is 15.7. The van der Waals surface area contributed by atoms with Crippen molar-refractivity contribution in [2.75, 3.05) is 26.4 Å². The van der Waals surface area contributed by atoms with Gasteiger partial charge in [-0.1, -0.05) is 6.07 Å². The summed E-state index contributed by atoms with van der Waals surface area (Å²) in [6.07, 6.45) is -3.93. The molecule has 0 unspecified atom stereocenters. The van der Waals surface area contributed by atoms with E-state index in [0.717, 1.165) is 5.56 Å². The third kappa shape index (κ3) is 7.43. The van der Waals surface area contributed by atoms with Crippen LogP contribution < -0.4 is 9.47 Å². The maximum absolute atomic E-state index is 11.9. The van der Waals surface area contributed by atoms with Crippen molar-refractivity contribution in [1.29, 1.82) is 0 Å². The zero-order valence-electron chi connectivity index (χ0n) is 11.7. The molecule has 0 aliphatic carbocycles. The number of halogens is 4. The number of ether oxygens (including phenoxy) is 3. The van der Waals surface area contributed by atoms with Gasteiger partial charge in [-0.15, -0.1) is 11.6 Å². The van der Waals surface area contributed by atoms with E-state index in [0.29, 0.717) is 30.4 Å². The molecule has 120 valence electrons. The van der Waals surface area contributed by atoms with E-state index < -0.39 is 12.8 Å². The third-order valence-electron chi connectivity index (χ3n) is 2.42. The highest BCUT2D eigenvalue weighted by Gasteiger charge is 2.27. The average Bonchev–Trinajstić information content (AvgIpc) is 2.43. The van der Waals surface area contributed by atoms with Crippen molar-refractivity contribution in [1.82, 2.24) is 0 Å². The smallest absolute Gasteiger partial charge is 0.411 e. The first-order chi connectivity index (χ1) is 9.96. The molecule has 1 aromatic rings. The van der Waals surface area contributed by atoms with Crippen LogP contribution in [0.15, 0.2) is 18.2 Å². The fourth-order valence-corrected chi connectivity index (χ4v) is 1.72. The molecule has 0 saturated carbocycles. The summed E-state index contributed by atoms with van der Waals surface area (Å²) in [7, 11) is 0. The molecule has 0 heterocycles. The number of hydrogen-bond acceptors (Lipinski definition) is 3. The molecule has 0 fully saturated rings. The Balaban J connectivity index is 2.37. The minimum Gasteiger partial charge on any atom is -0.490 e. The van der Waals surface area contributed by atoms with Crippen molar-refractivity contribution in [2.45, 2.75) is 25.4 Å². The topological polar surface area (TPSA) is 27.7 Å². The lowest BCUT2D eigenvalue weighted by atomic mass is 10.2. The van der Waals surface area contributed by atoms with Crippen LogP contribution in [0.3, 0.4) is 0 Å². The van der Waals surface area contributed by atoms with Gasteiger partial charge in [-0.05, 0) is 24.6 Å². The number of rotatable bonds is 9. The molecule has 0 bridgehead atoms. The van der Waals surface area contributed by atoms with Crippen LogP contribution in [0, 0.1) is 0 Å². The molecule has 0 radical (unpaired) electrons. The Bertz CT molecular complexity index is 424. The van der Waals surface area contributed by atoms with E-state index in [4.69, 9.17) is 21.1 Å². The standard InChI is InChI=1S/C14H18ClF3O3/c1-2-20-13-8-11(9-15)4-5-12(13)21-7-3-6-19-10-14(16,17)18/h4-5,8H,2-3,6-7,9-10H2,1H3. The predicted octanol–water partition coefficient (Wildman–Crippen LogP) is 4.17. The van der Waals surface area contributed by atoms with Crippen molar-refractivity contribution < 1.29 is 27.4 Å². The number of hydrogen-bond donors (Lipinski definition) is 0. The number of alkyl halides is 4. The van der Waals surface area contributed by atoms with Crippen LogP contribution in [0.5, 0.6) is 11.5 Å². The first-order valence-electron chi connectivity index (χ1n) is 6.55. The Morgan fingerprint density at radius 3 is 2.48 bits per heavy atom. The van der Waals surface area contributed by atoms with Gasteiger partial charge in [-0.25, -0.2) is 0 Å². The van der Waals surface area contributed by atoms with E-state index in [1.807, 2.05) is 13.0 Å². The van der Waals surface area contributed by atoms with Crippen LogP contribution in [0.4, 0.5) is 13.2 Å². The highest BCUT2D eigenvalue weighted by Crippen LogP contribution is 2.29. The van der Waals surface area contributed by atoms with Gasteiger partial charge in [0.05, 0.1) is 19.8 Å². The van der Waals surface area contributed by atoms with Gasteiger partial charge >= 0.3 is 6.18 Å². The molecule has 0 aliphatic rings. The van der Waals surface area contributed by atoms with Gasteiger partial charge in [0.25, 0.3) is 0 Å². The van der Waals surface area contributed by atoms with Crippen molar-refractivity contribution in [3.63, 3.8) is 0 Å². The Morgan fingerprint density at radius 1 is 1.10 bits per heavy atom. The second-order valence-corrected chi connectivity index (χ2v) is 4.48. The molecule has 3 nitrogen and oxygen atoms in total. The van der Waals surface area contributed by atoms with Crippen LogP contribution in [0.25, 0.3) is 0 Å². The highest BCUT2D eigenvalue weighted by molar-refractivity contribution is 6.17. The molecular formula is C14H18ClF3O3. The summed E-state index contributed by atoms with van der Waals surface area (Å²) >= 11 is 5.74. The lowest BCUT2D eigenvalue weighted by molar-refractivity contribution is -0.174. The SMILES string of the molecule is CCOc1cc(CCl)ccc1OCCCOCC(F)(F)F. The minimum atomic E-state index is -4.29. The lowest BCUT2D eigenvalue weighted by Crippen LogP contribution is -2.18. The summed E-state index contributed by atoms with van der Waals surface area (Å²) in [5.41, 5.74) is 0.904. The van der Waals surface area contributed by atoms with E-state index >= 15 is 0 Å². The van der Waals surface area contributed by atoms with E-state index in [1.165, 1.54) is 0 Å². The Hall–Kier alpha value is -1.14. The van der Waals surface area contributed by atoms with Gasteiger partial charge in [0.1, 0.15) is 6.61 Å². The van der Waals surface area contributed by atoms with Gasteiger partial charge in [-0.2, -0.15) is 13.2 Å². The van der Waals surface area contributed by atoms with Crippen LogP contribution in [0.1, 0.15) is 18.9 Å². The minimum absolute atomic E-state index is 0.0107. The zero-order valence-corrected chi connectivity index (χ0v) is 12.5. The van der Waals surface area contributed by atoms with Crippen molar-refractivity contribution >= 4 is 11.6 Å². The molecule has 0 aromatic heterocycles. The highest BCUT2D eigenvalue weighted by atomic mass is 35.5. The maximum atomic E-state index is 11.9. The van der Waals surface area contributed by atoms with E-state index in [-0.39, 0.29) is 13.2 Å². The predicted molar refractivity (Wildman–Crippen MR) is 74.2 cm³/mol. The molecule has 0 N–H and O–H groups in total. The summed E-state index contributed by atoms with van der Waals surface area (Å²) in [6.45, 7) is 1.34. The maximum Gasteiger partial charge on any atom is 0.411 e. The van der Waals surface area contributed by atoms with E-state index in [2.05, 4.69) is 4.74 Å². The Morgan fingerprint density at radius 2 is 1.86 bits per heavy atom. The molecular weight excluding hydrogens is 309 g/mol. The Labute approximate surface area is 126 Å². The van der Waals surface area contributed by atoms with Crippen molar-refractivity contribution in [3.05, 3.63) is 23.8 Å². The first kappa shape index (κ1) is 17.9. The quantitative estimate of drug-likeness (QED) is 0.503. The summed E-state index contributed by atoms with van der Waals surface area (Å²) in [5, 5.41) is 0. The molecule has 0 atom stereocenters. The second-order valence-electron chi connectivity index (χ2n) is 4.22. The number of benzene rings is 1. The molecule has 0 aliphatic heterocycles. The molecule has 0 saturated heterocycles. The van der Waals surface area contributed by atoms with Gasteiger partial charge in [0.2, 0.25) is 0 Å². The van der Waals surface area contributed by atoms with Crippen LogP contribution in [-0.2, 0) is 10.6 Å². The first-order valence-corrected chi connectivity index (χ1v) is 7.08. The summed E-state index contributed by atoms with van der Waals surface area (Å²) in [6, 6.07) is 5.33. The summed E-state index contributed by atoms with van der Waals surface area (Å²) in [4.78, 5) is 0. The van der Waals surface area contributed by atoms with Gasteiger partial charge in [0.15, 0.2) is 11.5 Å². The van der Waals surface area contributed by atoms with E-state index in [1.54, 1.807) is 12.1 Å². The van der Waals surface area contributed by atoms with Gasteiger partial charge in [-0.3, -0.25) is 0 Å². The summed E-state index contributed by atoms with van der Waals surface area (Å²) < 4.78 is 51.0. The van der Waals surface area contributed by atoms with E-state index in [9.17, 15) is 13.2 Å². The fraction of sp³-hybridized carbons (Fsp3) is 0.571. The summed E-state index contributed by atoms with van der Waals surface area (Å²) in [5.74, 6) is 1.49. The van der Waals surface area contributed by atoms with Gasteiger partial charge in [0, 0.05) is 12.3 Å². The van der Waals surface area contributed by atoms with Crippen molar-refractivity contribution in [3.8, 4) is 11.5 Å². The molecule has 1 aromatic carbocycles. The molecule has 21 heavy (non-hydrogen) atoms. The second kappa shape index (κ2) is 9.00. The monoisotopic (exact) mass is 326 g/mol. The molecule has 0 spiro atoms. The lowest BCUT2D eigenvalue weighted by Gasteiger charge is -2.13. The molecule has 0 amide bonds.